The standard InChI is InChI=1S/C22H25N3O2S/c1-16-12-13-17(2)21(14-16)28(26,27)23-15-22-24-19-10-6-7-11-20(19)25(22)18-8-4-3-5-9-18/h3-5,8-9,12-14,23H,6-7,10-11,15H2,1-2H3. The Kier molecular flexibility index (Phi) is 5.08. The fraction of sp³-hybridized carbons (Fsp3) is 0.318. The van der Waals surface area contributed by atoms with E-state index in [-0.39, 0.29) is 6.54 Å². The molecule has 3 aromatic rings. The lowest BCUT2D eigenvalue weighted by molar-refractivity contribution is 0.577. The van der Waals surface area contributed by atoms with Gasteiger partial charge < -0.3 is 0 Å². The fourth-order valence-electron chi connectivity index (χ4n) is 3.83. The second kappa shape index (κ2) is 7.53. The summed E-state index contributed by atoms with van der Waals surface area (Å²) >= 11 is 0. The lowest BCUT2D eigenvalue weighted by Crippen LogP contribution is -2.26. The quantitative estimate of drug-likeness (QED) is 0.714. The smallest absolute Gasteiger partial charge is 0.241 e. The van der Waals surface area contributed by atoms with Gasteiger partial charge in [0.05, 0.1) is 17.1 Å². The number of hydrogen-bond acceptors (Lipinski definition) is 3. The topological polar surface area (TPSA) is 64.0 Å². The molecule has 1 aliphatic carbocycles. The van der Waals surface area contributed by atoms with E-state index in [0.29, 0.717) is 4.90 Å². The first-order valence-electron chi connectivity index (χ1n) is 9.67. The third-order valence-electron chi connectivity index (χ3n) is 5.27. The molecule has 2 aromatic carbocycles. The number of rotatable bonds is 5. The lowest BCUT2D eigenvalue weighted by atomic mass is 10.0. The molecule has 1 aromatic heterocycles. The lowest BCUT2D eigenvalue weighted by Gasteiger charge is -2.16. The molecule has 28 heavy (non-hydrogen) atoms. The molecule has 0 saturated carbocycles. The summed E-state index contributed by atoms with van der Waals surface area (Å²) in [6.07, 6.45) is 4.19. The minimum atomic E-state index is -3.62. The summed E-state index contributed by atoms with van der Waals surface area (Å²) in [7, 11) is -3.62. The zero-order valence-corrected chi connectivity index (χ0v) is 17.1. The van der Waals surface area contributed by atoms with Gasteiger partial charge in [-0.2, -0.15) is 0 Å². The molecule has 0 aliphatic heterocycles. The number of fused-ring (bicyclic) bond motifs is 1. The Morgan fingerprint density at radius 3 is 2.57 bits per heavy atom. The number of nitrogens with zero attached hydrogens (tertiary/aromatic N) is 2. The van der Waals surface area contributed by atoms with Gasteiger partial charge in [0.2, 0.25) is 10.0 Å². The number of para-hydroxylation sites is 1. The summed E-state index contributed by atoms with van der Waals surface area (Å²) in [6.45, 7) is 3.88. The highest BCUT2D eigenvalue weighted by atomic mass is 32.2. The number of aromatic nitrogens is 2. The van der Waals surface area contributed by atoms with E-state index >= 15 is 0 Å². The molecule has 0 spiro atoms. The monoisotopic (exact) mass is 395 g/mol. The summed E-state index contributed by atoms with van der Waals surface area (Å²) in [5, 5.41) is 0. The summed E-state index contributed by atoms with van der Waals surface area (Å²) in [6, 6.07) is 15.5. The largest absolute Gasteiger partial charge is 0.299 e. The van der Waals surface area contributed by atoms with Crippen molar-refractivity contribution in [3.05, 3.63) is 76.9 Å². The number of benzene rings is 2. The van der Waals surface area contributed by atoms with Crippen molar-refractivity contribution >= 4 is 10.0 Å². The normalized spacial score (nSPS) is 14.1. The average Bonchev–Trinajstić information content (AvgIpc) is 3.07. The Bertz CT molecular complexity index is 1100. The van der Waals surface area contributed by atoms with Gasteiger partial charge >= 0.3 is 0 Å². The number of sulfonamides is 1. The Morgan fingerprint density at radius 1 is 1.04 bits per heavy atom. The van der Waals surface area contributed by atoms with Crippen LogP contribution in [0.25, 0.3) is 5.69 Å². The maximum atomic E-state index is 12.9. The van der Waals surface area contributed by atoms with Gasteiger partial charge in [-0.15, -0.1) is 0 Å². The molecule has 0 radical (unpaired) electrons. The Morgan fingerprint density at radius 2 is 1.79 bits per heavy atom. The van der Waals surface area contributed by atoms with Crippen LogP contribution in [0, 0.1) is 13.8 Å². The van der Waals surface area contributed by atoms with E-state index in [9.17, 15) is 8.42 Å². The van der Waals surface area contributed by atoms with E-state index in [4.69, 9.17) is 4.98 Å². The van der Waals surface area contributed by atoms with Gasteiger partial charge in [0.25, 0.3) is 0 Å². The van der Waals surface area contributed by atoms with Crippen LogP contribution < -0.4 is 4.72 Å². The van der Waals surface area contributed by atoms with Gasteiger partial charge in [-0.3, -0.25) is 4.57 Å². The fourth-order valence-corrected chi connectivity index (χ4v) is 5.14. The van der Waals surface area contributed by atoms with Crippen LogP contribution in [0.2, 0.25) is 0 Å². The van der Waals surface area contributed by atoms with Crippen LogP contribution in [0.4, 0.5) is 0 Å². The number of imidazole rings is 1. The van der Waals surface area contributed by atoms with Gasteiger partial charge in [-0.05, 0) is 68.9 Å². The Labute approximate surface area is 166 Å². The number of hydrogen-bond donors (Lipinski definition) is 1. The molecule has 5 nitrogen and oxygen atoms in total. The van der Waals surface area contributed by atoms with Crippen LogP contribution in [0.1, 0.15) is 41.2 Å². The van der Waals surface area contributed by atoms with Crippen molar-refractivity contribution in [3.63, 3.8) is 0 Å². The predicted molar refractivity (Wildman–Crippen MR) is 110 cm³/mol. The first-order valence-corrected chi connectivity index (χ1v) is 11.2. The Hall–Kier alpha value is -2.44. The van der Waals surface area contributed by atoms with Crippen LogP contribution in [0.3, 0.4) is 0 Å². The number of nitrogens with one attached hydrogen (secondary N) is 1. The van der Waals surface area contributed by atoms with Gasteiger partial charge in [0.1, 0.15) is 5.82 Å². The second-order valence-electron chi connectivity index (χ2n) is 7.39. The molecule has 0 amide bonds. The zero-order valence-electron chi connectivity index (χ0n) is 16.3. The minimum absolute atomic E-state index is 0.164. The molecule has 146 valence electrons. The van der Waals surface area contributed by atoms with Crippen molar-refractivity contribution in [2.75, 3.05) is 0 Å². The highest BCUT2D eigenvalue weighted by Crippen LogP contribution is 2.26. The van der Waals surface area contributed by atoms with Crippen LogP contribution in [0.15, 0.2) is 53.4 Å². The third-order valence-corrected chi connectivity index (χ3v) is 6.81. The molecule has 0 saturated heterocycles. The molecule has 0 atom stereocenters. The first kappa shape index (κ1) is 18.9. The molecule has 1 aliphatic rings. The highest BCUT2D eigenvalue weighted by Gasteiger charge is 2.23. The maximum absolute atomic E-state index is 12.9. The van der Waals surface area contributed by atoms with Crippen LogP contribution in [-0.2, 0) is 29.4 Å². The van der Waals surface area contributed by atoms with Gasteiger partial charge in [0, 0.05) is 11.4 Å². The van der Waals surface area contributed by atoms with Crippen molar-refractivity contribution < 1.29 is 8.42 Å². The van der Waals surface area contributed by atoms with Crippen molar-refractivity contribution in [2.45, 2.75) is 51.0 Å². The van der Waals surface area contributed by atoms with E-state index in [2.05, 4.69) is 9.29 Å². The van der Waals surface area contributed by atoms with E-state index in [1.54, 1.807) is 6.07 Å². The average molecular weight is 396 g/mol. The molecule has 0 unspecified atom stereocenters. The predicted octanol–water partition coefficient (Wildman–Crippen LogP) is 3.85. The van der Waals surface area contributed by atoms with E-state index < -0.39 is 10.0 Å². The van der Waals surface area contributed by atoms with Crippen LogP contribution in [-0.4, -0.2) is 18.0 Å². The van der Waals surface area contributed by atoms with E-state index in [0.717, 1.165) is 54.0 Å². The molecule has 1 N–H and O–H groups in total. The Balaban J connectivity index is 1.69. The van der Waals surface area contributed by atoms with Crippen molar-refractivity contribution in [1.29, 1.82) is 0 Å². The minimum Gasteiger partial charge on any atom is -0.299 e. The highest BCUT2D eigenvalue weighted by molar-refractivity contribution is 7.89. The summed E-state index contributed by atoms with van der Waals surface area (Å²) in [4.78, 5) is 5.13. The van der Waals surface area contributed by atoms with Crippen molar-refractivity contribution in [2.24, 2.45) is 0 Å². The molecular weight excluding hydrogens is 370 g/mol. The van der Waals surface area contributed by atoms with Crippen LogP contribution >= 0.6 is 0 Å². The first-order chi connectivity index (χ1) is 13.5. The number of aryl methyl sites for hydroxylation is 3. The summed E-state index contributed by atoms with van der Waals surface area (Å²) in [5.74, 6) is 0.743. The van der Waals surface area contributed by atoms with Gasteiger partial charge in [-0.25, -0.2) is 18.1 Å². The maximum Gasteiger partial charge on any atom is 0.241 e. The second-order valence-corrected chi connectivity index (χ2v) is 9.13. The van der Waals surface area contributed by atoms with Crippen molar-refractivity contribution in [1.82, 2.24) is 14.3 Å². The molecule has 1 heterocycles. The molecule has 4 rings (SSSR count). The van der Waals surface area contributed by atoms with E-state index in [1.165, 1.54) is 5.69 Å². The van der Waals surface area contributed by atoms with E-state index in [1.807, 2.05) is 56.3 Å². The molecule has 6 heteroatoms. The van der Waals surface area contributed by atoms with Crippen LogP contribution in [0.5, 0.6) is 0 Å². The molecule has 0 fully saturated rings. The van der Waals surface area contributed by atoms with Gasteiger partial charge in [0.15, 0.2) is 0 Å². The SMILES string of the molecule is Cc1ccc(C)c(S(=O)(=O)NCc2nc3c(n2-c2ccccc2)CCCC3)c1. The molecule has 0 bridgehead atoms. The van der Waals surface area contributed by atoms with Gasteiger partial charge in [-0.1, -0.05) is 30.3 Å². The zero-order chi connectivity index (χ0) is 19.7. The summed E-state index contributed by atoms with van der Waals surface area (Å²) < 4.78 is 30.7. The summed E-state index contributed by atoms with van der Waals surface area (Å²) in [5.41, 5.74) is 4.99. The van der Waals surface area contributed by atoms with Crippen molar-refractivity contribution in [3.8, 4) is 5.69 Å². The third kappa shape index (κ3) is 3.62. The molecular formula is C22H25N3O2S.